The zero-order valence-corrected chi connectivity index (χ0v) is 13.2. The first-order valence-corrected chi connectivity index (χ1v) is 7.22. The lowest BCUT2D eigenvalue weighted by atomic mass is 10.1. The Morgan fingerprint density at radius 3 is 2.57 bits per heavy atom. The molecular weight excluding hydrogens is 332 g/mol. The van der Waals surface area contributed by atoms with Crippen LogP contribution in [0.1, 0.15) is 5.69 Å². The summed E-state index contributed by atoms with van der Waals surface area (Å²) in [4.78, 5) is 19.0. The van der Waals surface area contributed by atoms with Gasteiger partial charge in [-0.2, -0.15) is 0 Å². The number of aromatic nitrogens is 2. The van der Waals surface area contributed by atoms with Crippen molar-refractivity contribution in [2.75, 3.05) is 7.11 Å². The topological polar surface area (TPSA) is 55.0 Å². The zero-order valence-electron chi connectivity index (χ0n) is 11.6. The molecule has 0 aliphatic carbocycles. The number of aromatic amines is 1. The first-order chi connectivity index (χ1) is 10.1. The molecule has 0 saturated heterocycles. The van der Waals surface area contributed by atoms with Gasteiger partial charge in [-0.1, -0.05) is 18.2 Å². The predicted molar refractivity (Wildman–Crippen MR) is 86.8 cm³/mol. The van der Waals surface area contributed by atoms with Crippen molar-refractivity contribution in [2.45, 2.75) is 6.92 Å². The van der Waals surface area contributed by atoms with Crippen LogP contribution in [-0.4, -0.2) is 17.1 Å². The van der Waals surface area contributed by atoms with Gasteiger partial charge in [-0.15, -0.1) is 0 Å². The number of hydrogen-bond donors (Lipinski definition) is 1. The van der Waals surface area contributed by atoms with Gasteiger partial charge < -0.3 is 9.72 Å². The van der Waals surface area contributed by atoms with Crippen LogP contribution in [0.3, 0.4) is 0 Å². The van der Waals surface area contributed by atoms with E-state index in [9.17, 15) is 4.79 Å². The Labute approximate surface area is 129 Å². The Hall–Kier alpha value is -2.14. The van der Waals surface area contributed by atoms with Crippen molar-refractivity contribution in [2.24, 2.45) is 0 Å². The van der Waals surface area contributed by atoms with E-state index in [-0.39, 0.29) is 5.56 Å². The number of nitrogens with zero attached hydrogens (tertiary/aromatic N) is 1. The van der Waals surface area contributed by atoms with Crippen molar-refractivity contribution in [3.8, 4) is 17.1 Å². The molecule has 0 aliphatic rings. The zero-order chi connectivity index (χ0) is 15.0. The van der Waals surface area contributed by atoms with E-state index in [0.29, 0.717) is 16.0 Å². The molecule has 0 saturated carbocycles. The van der Waals surface area contributed by atoms with E-state index < -0.39 is 0 Å². The minimum Gasteiger partial charge on any atom is -0.497 e. The summed E-state index contributed by atoms with van der Waals surface area (Å²) in [7, 11) is 1.65. The Morgan fingerprint density at radius 2 is 1.86 bits per heavy atom. The van der Waals surface area contributed by atoms with Gasteiger partial charge in [-0.05, 0) is 51.8 Å². The lowest BCUT2D eigenvalue weighted by Crippen LogP contribution is -2.11. The third-order valence-electron chi connectivity index (χ3n) is 3.35. The number of aryl methyl sites for hydroxylation is 1. The molecule has 106 valence electrons. The van der Waals surface area contributed by atoms with E-state index in [0.717, 1.165) is 22.1 Å². The number of benzene rings is 2. The molecule has 0 bridgehead atoms. The number of hydrogen-bond acceptors (Lipinski definition) is 3. The lowest BCUT2D eigenvalue weighted by Gasteiger charge is -2.06. The van der Waals surface area contributed by atoms with Gasteiger partial charge in [0, 0.05) is 5.56 Å². The van der Waals surface area contributed by atoms with Crippen molar-refractivity contribution >= 4 is 26.7 Å². The van der Waals surface area contributed by atoms with E-state index in [1.54, 1.807) is 14.0 Å². The maximum atomic E-state index is 11.8. The van der Waals surface area contributed by atoms with Crippen molar-refractivity contribution in [3.63, 3.8) is 0 Å². The largest absolute Gasteiger partial charge is 0.497 e. The fourth-order valence-corrected chi connectivity index (χ4v) is 2.39. The molecule has 5 heteroatoms. The molecule has 0 amide bonds. The Morgan fingerprint density at radius 1 is 1.14 bits per heavy atom. The first kappa shape index (κ1) is 13.8. The molecule has 3 aromatic rings. The highest BCUT2D eigenvalue weighted by atomic mass is 79.9. The summed E-state index contributed by atoms with van der Waals surface area (Å²) in [5.74, 6) is 1.39. The van der Waals surface area contributed by atoms with Crippen molar-refractivity contribution in [3.05, 3.63) is 56.9 Å². The summed E-state index contributed by atoms with van der Waals surface area (Å²) in [6.07, 6.45) is 0. The number of ether oxygens (including phenoxy) is 1. The fourth-order valence-electron chi connectivity index (χ4n) is 2.21. The van der Waals surface area contributed by atoms with Crippen LogP contribution < -0.4 is 10.3 Å². The second-order valence-electron chi connectivity index (χ2n) is 4.74. The highest BCUT2D eigenvalue weighted by molar-refractivity contribution is 9.10. The summed E-state index contributed by atoms with van der Waals surface area (Å²) >= 11 is 3.22. The number of halogens is 1. The van der Waals surface area contributed by atoms with Gasteiger partial charge in [-0.3, -0.25) is 4.79 Å². The monoisotopic (exact) mass is 344 g/mol. The molecule has 0 spiro atoms. The average molecular weight is 345 g/mol. The van der Waals surface area contributed by atoms with Gasteiger partial charge in [0.05, 0.1) is 12.8 Å². The van der Waals surface area contributed by atoms with Crippen LogP contribution in [0.5, 0.6) is 5.75 Å². The fraction of sp³-hybridized carbons (Fsp3) is 0.125. The number of H-pyrrole nitrogens is 1. The van der Waals surface area contributed by atoms with E-state index in [1.807, 2.05) is 36.4 Å². The SMILES string of the molecule is COc1ccc2cc(-c3nc(C)c(Br)c(=O)[nH]3)ccc2c1. The Balaban J connectivity index is 2.15. The van der Waals surface area contributed by atoms with Gasteiger partial charge in [0.25, 0.3) is 5.56 Å². The summed E-state index contributed by atoms with van der Waals surface area (Å²) < 4.78 is 5.69. The average Bonchev–Trinajstić information content (AvgIpc) is 2.51. The number of fused-ring (bicyclic) bond motifs is 1. The standard InChI is InChI=1S/C16H13BrN2O2/c1-9-14(17)16(20)19-15(18-9)12-4-3-11-8-13(21-2)6-5-10(11)7-12/h3-8H,1-2H3,(H,18,19,20). The smallest absolute Gasteiger partial charge is 0.265 e. The molecule has 1 heterocycles. The Kier molecular flexibility index (Phi) is 3.51. The van der Waals surface area contributed by atoms with Gasteiger partial charge in [0.15, 0.2) is 0 Å². The minimum absolute atomic E-state index is 0.174. The predicted octanol–water partition coefficient (Wildman–Crippen LogP) is 3.67. The van der Waals surface area contributed by atoms with Crippen molar-refractivity contribution < 1.29 is 4.74 Å². The van der Waals surface area contributed by atoms with Crippen LogP contribution in [0, 0.1) is 6.92 Å². The van der Waals surface area contributed by atoms with E-state index in [4.69, 9.17) is 4.74 Å². The van der Waals surface area contributed by atoms with Crippen LogP contribution in [-0.2, 0) is 0 Å². The third-order valence-corrected chi connectivity index (χ3v) is 4.28. The number of rotatable bonds is 2. The van der Waals surface area contributed by atoms with Crippen LogP contribution in [0.15, 0.2) is 45.7 Å². The molecule has 2 aromatic carbocycles. The van der Waals surface area contributed by atoms with Gasteiger partial charge in [0.1, 0.15) is 16.0 Å². The molecular formula is C16H13BrN2O2. The molecule has 3 rings (SSSR count). The molecule has 0 fully saturated rings. The van der Waals surface area contributed by atoms with Crippen molar-refractivity contribution in [1.82, 2.24) is 9.97 Å². The van der Waals surface area contributed by atoms with Gasteiger partial charge >= 0.3 is 0 Å². The van der Waals surface area contributed by atoms with Crippen LogP contribution in [0.25, 0.3) is 22.2 Å². The molecule has 0 radical (unpaired) electrons. The van der Waals surface area contributed by atoms with E-state index in [2.05, 4.69) is 25.9 Å². The second-order valence-corrected chi connectivity index (χ2v) is 5.53. The number of methoxy groups -OCH3 is 1. The number of nitrogens with one attached hydrogen (secondary N) is 1. The van der Waals surface area contributed by atoms with Crippen LogP contribution in [0.4, 0.5) is 0 Å². The van der Waals surface area contributed by atoms with Gasteiger partial charge in [0.2, 0.25) is 0 Å². The second kappa shape index (κ2) is 5.33. The molecule has 1 aromatic heterocycles. The molecule has 0 aliphatic heterocycles. The summed E-state index contributed by atoms with van der Waals surface area (Å²) in [6.45, 7) is 1.80. The van der Waals surface area contributed by atoms with Gasteiger partial charge in [-0.25, -0.2) is 4.98 Å². The quantitative estimate of drug-likeness (QED) is 0.771. The maximum absolute atomic E-state index is 11.8. The normalized spacial score (nSPS) is 10.8. The highest BCUT2D eigenvalue weighted by Gasteiger charge is 2.08. The summed E-state index contributed by atoms with van der Waals surface area (Å²) in [5.41, 5.74) is 1.37. The molecule has 4 nitrogen and oxygen atoms in total. The highest BCUT2D eigenvalue weighted by Crippen LogP contribution is 2.25. The van der Waals surface area contributed by atoms with E-state index in [1.165, 1.54) is 0 Å². The maximum Gasteiger partial charge on any atom is 0.265 e. The summed E-state index contributed by atoms with van der Waals surface area (Å²) in [6, 6.07) is 11.8. The Bertz CT molecular complexity index is 887. The molecule has 0 unspecified atom stereocenters. The van der Waals surface area contributed by atoms with Crippen molar-refractivity contribution in [1.29, 1.82) is 0 Å². The molecule has 21 heavy (non-hydrogen) atoms. The van der Waals surface area contributed by atoms with Crippen LogP contribution in [0.2, 0.25) is 0 Å². The first-order valence-electron chi connectivity index (χ1n) is 6.43. The minimum atomic E-state index is -0.174. The van der Waals surface area contributed by atoms with E-state index >= 15 is 0 Å². The van der Waals surface area contributed by atoms with Crippen LogP contribution >= 0.6 is 15.9 Å². The third kappa shape index (κ3) is 2.56. The summed E-state index contributed by atoms with van der Waals surface area (Å²) in [5, 5.41) is 2.14. The lowest BCUT2D eigenvalue weighted by molar-refractivity contribution is 0.415. The molecule has 1 N–H and O–H groups in total. The molecule has 0 atom stereocenters.